The Morgan fingerprint density at radius 2 is 2.21 bits per heavy atom. The van der Waals surface area contributed by atoms with Crippen molar-refractivity contribution in [2.75, 3.05) is 13.2 Å². The third-order valence-corrected chi connectivity index (χ3v) is 3.16. The first-order valence-corrected chi connectivity index (χ1v) is 5.83. The number of hydrogen-bond donors (Lipinski definition) is 0. The van der Waals surface area contributed by atoms with Crippen LogP contribution in [0.15, 0.2) is 0 Å². The molecule has 0 saturated heterocycles. The molecule has 14 heavy (non-hydrogen) atoms. The SMILES string of the molecule is CCCC(=O)COCC1CCCC1C. The topological polar surface area (TPSA) is 26.3 Å². The average Bonchev–Trinajstić information content (AvgIpc) is 2.52. The van der Waals surface area contributed by atoms with Gasteiger partial charge in [0.25, 0.3) is 0 Å². The molecule has 2 atom stereocenters. The largest absolute Gasteiger partial charge is 0.373 e. The van der Waals surface area contributed by atoms with E-state index in [0.717, 1.165) is 18.9 Å². The van der Waals surface area contributed by atoms with Crippen LogP contribution in [-0.4, -0.2) is 19.0 Å². The monoisotopic (exact) mass is 198 g/mol. The molecule has 0 aromatic rings. The van der Waals surface area contributed by atoms with Crippen molar-refractivity contribution in [2.45, 2.75) is 46.0 Å². The molecule has 0 aromatic carbocycles. The normalized spacial score (nSPS) is 26.7. The zero-order valence-electron chi connectivity index (χ0n) is 9.42. The molecule has 0 aromatic heterocycles. The molecule has 1 aliphatic rings. The van der Waals surface area contributed by atoms with Crippen LogP contribution in [0.4, 0.5) is 0 Å². The Morgan fingerprint density at radius 3 is 2.79 bits per heavy atom. The summed E-state index contributed by atoms with van der Waals surface area (Å²) in [4.78, 5) is 11.2. The zero-order valence-corrected chi connectivity index (χ0v) is 9.42. The fraction of sp³-hybridized carbons (Fsp3) is 0.917. The fourth-order valence-corrected chi connectivity index (χ4v) is 2.14. The fourth-order valence-electron chi connectivity index (χ4n) is 2.14. The summed E-state index contributed by atoms with van der Waals surface area (Å²) < 4.78 is 5.45. The van der Waals surface area contributed by atoms with Crippen LogP contribution < -0.4 is 0 Å². The minimum absolute atomic E-state index is 0.248. The Bertz CT molecular complexity index is 177. The number of Topliss-reactive ketones (excluding diaryl/α,β-unsaturated/α-hetero) is 1. The van der Waals surface area contributed by atoms with Gasteiger partial charge >= 0.3 is 0 Å². The quantitative estimate of drug-likeness (QED) is 0.656. The second kappa shape index (κ2) is 6.18. The summed E-state index contributed by atoms with van der Waals surface area (Å²) in [5, 5.41) is 0. The number of rotatable bonds is 6. The maximum atomic E-state index is 11.2. The molecule has 0 N–H and O–H groups in total. The lowest BCUT2D eigenvalue weighted by atomic mass is 9.99. The van der Waals surface area contributed by atoms with Crippen LogP contribution >= 0.6 is 0 Å². The van der Waals surface area contributed by atoms with Crippen molar-refractivity contribution in [1.82, 2.24) is 0 Å². The van der Waals surface area contributed by atoms with Crippen LogP contribution in [0.5, 0.6) is 0 Å². The Labute approximate surface area is 87.0 Å². The van der Waals surface area contributed by atoms with Gasteiger partial charge in [0, 0.05) is 6.42 Å². The van der Waals surface area contributed by atoms with Crippen LogP contribution in [0.3, 0.4) is 0 Å². The third kappa shape index (κ3) is 3.79. The number of carbonyl (C=O) groups excluding carboxylic acids is 1. The molecule has 1 aliphatic carbocycles. The number of ether oxygens (including phenoxy) is 1. The van der Waals surface area contributed by atoms with E-state index in [0.29, 0.717) is 18.9 Å². The van der Waals surface area contributed by atoms with E-state index >= 15 is 0 Å². The highest BCUT2D eigenvalue weighted by Crippen LogP contribution is 2.31. The van der Waals surface area contributed by atoms with Crippen molar-refractivity contribution in [2.24, 2.45) is 11.8 Å². The molecule has 0 aliphatic heterocycles. The van der Waals surface area contributed by atoms with Crippen LogP contribution in [0.1, 0.15) is 46.0 Å². The molecule has 0 spiro atoms. The van der Waals surface area contributed by atoms with E-state index in [1.165, 1.54) is 19.3 Å². The molecule has 2 heteroatoms. The van der Waals surface area contributed by atoms with Crippen molar-refractivity contribution >= 4 is 5.78 Å². The minimum atomic E-state index is 0.248. The number of carbonyl (C=O) groups is 1. The van der Waals surface area contributed by atoms with E-state index in [4.69, 9.17) is 4.74 Å². The predicted molar refractivity (Wildman–Crippen MR) is 57.2 cm³/mol. The summed E-state index contributed by atoms with van der Waals surface area (Å²) in [6.07, 6.45) is 5.54. The van der Waals surface area contributed by atoms with Gasteiger partial charge in [-0.25, -0.2) is 0 Å². The molecule has 1 fully saturated rings. The molecule has 0 amide bonds. The summed E-state index contributed by atoms with van der Waals surface area (Å²) >= 11 is 0. The second-order valence-electron chi connectivity index (χ2n) is 4.47. The Morgan fingerprint density at radius 1 is 1.43 bits per heavy atom. The Kier molecular flexibility index (Phi) is 5.16. The van der Waals surface area contributed by atoms with Gasteiger partial charge in [-0.3, -0.25) is 4.79 Å². The highest BCUT2D eigenvalue weighted by molar-refractivity contribution is 5.79. The van der Waals surface area contributed by atoms with Gasteiger partial charge in [-0.1, -0.05) is 26.7 Å². The second-order valence-corrected chi connectivity index (χ2v) is 4.47. The summed E-state index contributed by atoms with van der Waals surface area (Å²) in [6, 6.07) is 0. The van der Waals surface area contributed by atoms with E-state index in [2.05, 4.69) is 6.92 Å². The van der Waals surface area contributed by atoms with Crippen LogP contribution in [0.25, 0.3) is 0 Å². The molecule has 82 valence electrons. The van der Waals surface area contributed by atoms with E-state index in [1.54, 1.807) is 0 Å². The lowest BCUT2D eigenvalue weighted by Crippen LogP contribution is -2.16. The van der Waals surface area contributed by atoms with Gasteiger partial charge in [-0.2, -0.15) is 0 Å². The van der Waals surface area contributed by atoms with Gasteiger partial charge in [0.05, 0.1) is 6.61 Å². The van der Waals surface area contributed by atoms with Gasteiger partial charge in [0.15, 0.2) is 5.78 Å². The zero-order chi connectivity index (χ0) is 10.4. The van der Waals surface area contributed by atoms with E-state index in [-0.39, 0.29) is 5.78 Å². The molecule has 1 saturated carbocycles. The maximum absolute atomic E-state index is 11.2. The number of hydrogen-bond acceptors (Lipinski definition) is 2. The lowest BCUT2D eigenvalue weighted by molar-refractivity contribution is -0.124. The Hall–Kier alpha value is -0.370. The van der Waals surface area contributed by atoms with Gasteiger partial charge in [-0.05, 0) is 24.7 Å². The van der Waals surface area contributed by atoms with E-state index in [9.17, 15) is 4.79 Å². The number of ketones is 1. The first-order valence-electron chi connectivity index (χ1n) is 5.83. The molecular weight excluding hydrogens is 176 g/mol. The van der Waals surface area contributed by atoms with Crippen LogP contribution in [0, 0.1) is 11.8 Å². The summed E-state index contributed by atoms with van der Waals surface area (Å²) in [5.41, 5.74) is 0. The standard InChI is InChI=1S/C12H22O2/c1-3-5-12(13)9-14-8-11-7-4-6-10(11)2/h10-11H,3-9H2,1-2H3. The van der Waals surface area contributed by atoms with Gasteiger partial charge < -0.3 is 4.74 Å². The molecule has 0 radical (unpaired) electrons. The van der Waals surface area contributed by atoms with Crippen molar-refractivity contribution in [3.8, 4) is 0 Å². The van der Waals surface area contributed by atoms with Gasteiger partial charge in [0.2, 0.25) is 0 Å². The summed E-state index contributed by atoms with van der Waals surface area (Å²) in [5.74, 6) is 1.74. The maximum Gasteiger partial charge on any atom is 0.158 e. The van der Waals surface area contributed by atoms with Gasteiger partial charge in [0.1, 0.15) is 6.61 Å². The minimum Gasteiger partial charge on any atom is -0.373 e. The van der Waals surface area contributed by atoms with Crippen LogP contribution in [0.2, 0.25) is 0 Å². The van der Waals surface area contributed by atoms with Gasteiger partial charge in [-0.15, -0.1) is 0 Å². The highest BCUT2D eigenvalue weighted by atomic mass is 16.5. The first-order chi connectivity index (χ1) is 6.74. The average molecular weight is 198 g/mol. The first kappa shape index (κ1) is 11.7. The Balaban J connectivity index is 2.06. The predicted octanol–water partition coefficient (Wildman–Crippen LogP) is 2.81. The van der Waals surface area contributed by atoms with Crippen molar-refractivity contribution in [3.05, 3.63) is 0 Å². The lowest BCUT2D eigenvalue weighted by Gasteiger charge is -2.14. The third-order valence-electron chi connectivity index (χ3n) is 3.16. The van der Waals surface area contributed by atoms with Crippen LogP contribution in [-0.2, 0) is 9.53 Å². The molecule has 0 heterocycles. The summed E-state index contributed by atoms with van der Waals surface area (Å²) in [6.45, 7) is 5.43. The van der Waals surface area contributed by atoms with E-state index < -0.39 is 0 Å². The van der Waals surface area contributed by atoms with Crippen molar-refractivity contribution < 1.29 is 9.53 Å². The smallest absolute Gasteiger partial charge is 0.158 e. The molecule has 1 rings (SSSR count). The van der Waals surface area contributed by atoms with E-state index in [1.807, 2.05) is 6.92 Å². The molecule has 2 unspecified atom stereocenters. The molecule has 2 nitrogen and oxygen atoms in total. The van der Waals surface area contributed by atoms with Crippen molar-refractivity contribution in [1.29, 1.82) is 0 Å². The molecule has 0 bridgehead atoms. The molecular formula is C12H22O2. The van der Waals surface area contributed by atoms with Crippen molar-refractivity contribution in [3.63, 3.8) is 0 Å². The highest BCUT2D eigenvalue weighted by Gasteiger charge is 2.23. The summed E-state index contributed by atoms with van der Waals surface area (Å²) in [7, 11) is 0.